The molecular weight excluding hydrogens is 298 g/mol. The Kier molecular flexibility index (Phi) is 3.54. The van der Waals surface area contributed by atoms with E-state index in [4.69, 9.17) is 4.98 Å². The van der Waals surface area contributed by atoms with Crippen LogP contribution in [0.15, 0.2) is 48.5 Å². The monoisotopic (exact) mass is 317 g/mol. The molecule has 0 amide bonds. The van der Waals surface area contributed by atoms with Gasteiger partial charge >= 0.3 is 0 Å². The average molecular weight is 317 g/mol. The third kappa shape index (κ3) is 2.36. The smallest absolute Gasteiger partial charge is 0.194 e. The Bertz CT molecular complexity index is 947. The number of rotatable bonds is 4. The first kappa shape index (κ1) is 14.8. The quantitative estimate of drug-likeness (QED) is 0.626. The highest BCUT2D eigenvalue weighted by Gasteiger charge is 2.25. The lowest BCUT2D eigenvalue weighted by molar-refractivity contribution is 0.104. The molecule has 1 aliphatic rings. The second kappa shape index (κ2) is 5.73. The van der Waals surface area contributed by atoms with Crippen molar-refractivity contribution in [3.05, 3.63) is 59.7 Å². The molecule has 4 heteroatoms. The fraction of sp³-hybridized carbons (Fsp3) is 0.200. The van der Waals surface area contributed by atoms with Gasteiger partial charge in [0.15, 0.2) is 5.78 Å². The number of hydrogen-bond donors (Lipinski definition) is 1. The van der Waals surface area contributed by atoms with Gasteiger partial charge in [0, 0.05) is 29.6 Å². The molecule has 1 heterocycles. The highest BCUT2D eigenvalue weighted by Crippen LogP contribution is 2.39. The number of anilines is 1. The number of benzene rings is 2. The number of nitrogens with one attached hydrogen (secondary N) is 1. The van der Waals surface area contributed by atoms with Crippen LogP contribution in [0.4, 0.5) is 5.82 Å². The second-order valence-corrected chi connectivity index (χ2v) is 6.36. The molecule has 120 valence electrons. The van der Waals surface area contributed by atoms with Crippen molar-refractivity contribution in [3.8, 4) is 11.1 Å². The molecule has 1 aliphatic carbocycles. The number of carbonyl (C=O) groups excluding carboxylic acids is 1. The fourth-order valence-corrected chi connectivity index (χ4v) is 3.25. The number of hydrogen-bond acceptors (Lipinski definition) is 4. The molecule has 0 aliphatic heterocycles. The summed E-state index contributed by atoms with van der Waals surface area (Å²) in [5.41, 5.74) is 4.44. The second-order valence-electron chi connectivity index (χ2n) is 6.36. The first-order valence-electron chi connectivity index (χ1n) is 8.11. The number of nitrogens with zero attached hydrogens (tertiary/aromatic N) is 2. The maximum Gasteiger partial charge on any atom is 0.194 e. The minimum absolute atomic E-state index is 0.0822. The fourth-order valence-electron chi connectivity index (χ4n) is 3.25. The van der Waals surface area contributed by atoms with Gasteiger partial charge in [0.2, 0.25) is 0 Å². The van der Waals surface area contributed by atoms with Crippen LogP contribution >= 0.6 is 0 Å². The van der Waals surface area contributed by atoms with Gasteiger partial charge < -0.3 is 10.2 Å². The molecule has 0 unspecified atom stereocenters. The third-order valence-corrected chi connectivity index (χ3v) is 4.41. The predicted octanol–water partition coefficient (Wildman–Crippen LogP) is 3.42. The van der Waals surface area contributed by atoms with E-state index in [1.54, 1.807) is 0 Å². The molecule has 3 aromatic rings. The molecule has 4 rings (SSSR count). The van der Waals surface area contributed by atoms with Crippen molar-refractivity contribution in [2.24, 2.45) is 0 Å². The van der Waals surface area contributed by atoms with Crippen LogP contribution in [-0.4, -0.2) is 42.9 Å². The van der Waals surface area contributed by atoms with Crippen LogP contribution in [0, 0.1) is 0 Å². The molecule has 0 saturated carbocycles. The zero-order valence-electron chi connectivity index (χ0n) is 13.8. The van der Waals surface area contributed by atoms with Crippen LogP contribution in [0.2, 0.25) is 0 Å². The lowest BCUT2D eigenvalue weighted by Gasteiger charge is -2.20. The van der Waals surface area contributed by atoms with Gasteiger partial charge in [-0.1, -0.05) is 36.4 Å². The lowest BCUT2D eigenvalue weighted by atomic mass is 9.84. The summed E-state index contributed by atoms with van der Waals surface area (Å²) in [6.07, 6.45) is 0. The Morgan fingerprint density at radius 2 is 1.71 bits per heavy atom. The van der Waals surface area contributed by atoms with E-state index in [2.05, 4.69) is 16.3 Å². The van der Waals surface area contributed by atoms with Gasteiger partial charge in [-0.05, 0) is 37.4 Å². The summed E-state index contributed by atoms with van der Waals surface area (Å²) in [5.74, 6) is 0.930. The summed E-state index contributed by atoms with van der Waals surface area (Å²) in [7, 11) is 4.10. The maximum atomic E-state index is 12.8. The van der Waals surface area contributed by atoms with Crippen molar-refractivity contribution >= 4 is 22.5 Å². The molecule has 2 aromatic carbocycles. The van der Waals surface area contributed by atoms with E-state index in [0.717, 1.165) is 52.1 Å². The van der Waals surface area contributed by atoms with Gasteiger partial charge in [0.05, 0.1) is 5.52 Å². The molecule has 4 nitrogen and oxygen atoms in total. The number of fused-ring (bicyclic) bond motifs is 2. The Morgan fingerprint density at radius 3 is 2.50 bits per heavy atom. The van der Waals surface area contributed by atoms with Crippen molar-refractivity contribution < 1.29 is 4.79 Å². The van der Waals surface area contributed by atoms with E-state index in [1.165, 1.54) is 0 Å². The number of aromatic nitrogens is 1. The van der Waals surface area contributed by atoms with Crippen LogP contribution in [0.1, 0.15) is 15.9 Å². The number of likely N-dealkylation sites (N-methyl/N-ethyl adjacent to an activating group) is 1. The summed E-state index contributed by atoms with van der Waals surface area (Å²) >= 11 is 0. The number of ketones is 1. The normalized spacial score (nSPS) is 12.5. The van der Waals surface area contributed by atoms with Gasteiger partial charge in [0.25, 0.3) is 0 Å². The van der Waals surface area contributed by atoms with Gasteiger partial charge in [-0.25, -0.2) is 4.98 Å². The molecule has 1 aromatic heterocycles. The van der Waals surface area contributed by atoms with Gasteiger partial charge in [-0.15, -0.1) is 0 Å². The van der Waals surface area contributed by atoms with Crippen LogP contribution in [-0.2, 0) is 0 Å². The van der Waals surface area contributed by atoms with Crippen LogP contribution in [0.25, 0.3) is 22.0 Å². The first-order chi connectivity index (χ1) is 11.6. The van der Waals surface area contributed by atoms with Gasteiger partial charge in [0.1, 0.15) is 5.82 Å². The van der Waals surface area contributed by atoms with Crippen molar-refractivity contribution in [2.75, 3.05) is 32.5 Å². The van der Waals surface area contributed by atoms with E-state index in [-0.39, 0.29) is 5.78 Å². The molecule has 0 saturated heterocycles. The van der Waals surface area contributed by atoms with Crippen LogP contribution < -0.4 is 5.32 Å². The van der Waals surface area contributed by atoms with E-state index in [0.29, 0.717) is 0 Å². The largest absolute Gasteiger partial charge is 0.369 e. The highest BCUT2D eigenvalue weighted by molar-refractivity contribution is 6.25. The highest BCUT2D eigenvalue weighted by atomic mass is 16.1. The third-order valence-electron chi connectivity index (χ3n) is 4.41. The summed E-state index contributed by atoms with van der Waals surface area (Å²) in [6.45, 7) is 1.76. The molecule has 0 radical (unpaired) electrons. The molecule has 0 bridgehead atoms. The van der Waals surface area contributed by atoms with E-state index >= 15 is 0 Å². The van der Waals surface area contributed by atoms with Gasteiger partial charge in [-0.3, -0.25) is 4.79 Å². The van der Waals surface area contributed by atoms with Crippen LogP contribution in [0.5, 0.6) is 0 Å². The minimum Gasteiger partial charge on any atom is -0.369 e. The summed E-state index contributed by atoms with van der Waals surface area (Å²) in [6, 6.07) is 15.6. The molecule has 1 N–H and O–H groups in total. The van der Waals surface area contributed by atoms with Crippen LogP contribution in [0.3, 0.4) is 0 Å². The Morgan fingerprint density at radius 1 is 0.958 bits per heavy atom. The summed E-state index contributed by atoms with van der Waals surface area (Å²) < 4.78 is 0. The zero-order valence-corrected chi connectivity index (χ0v) is 13.8. The zero-order chi connectivity index (χ0) is 16.7. The van der Waals surface area contributed by atoms with Crippen molar-refractivity contribution in [2.45, 2.75) is 0 Å². The van der Waals surface area contributed by atoms with Crippen molar-refractivity contribution in [1.82, 2.24) is 9.88 Å². The summed E-state index contributed by atoms with van der Waals surface area (Å²) in [5, 5.41) is 4.35. The predicted molar refractivity (Wildman–Crippen MR) is 97.7 cm³/mol. The lowest BCUT2D eigenvalue weighted by Crippen LogP contribution is -2.21. The first-order valence-corrected chi connectivity index (χ1v) is 8.11. The van der Waals surface area contributed by atoms with Gasteiger partial charge in [-0.2, -0.15) is 0 Å². The minimum atomic E-state index is 0.0822. The Balaban J connectivity index is 1.88. The molecule has 24 heavy (non-hydrogen) atoms. The topological polar surface area (TPSA) is 45.2 Å². The van der Waals surface area contributed by atoms with E-state index < -0.39 is 0 Å². The standard InChI is InChI=1S/C20H19N3O/c1-23(2)11-10-21-18-12-16-13-6-3-4-7-14(13)20(24)15-8-5-9-17(22-18)19(15)16/h3-9,12H,10-11H2,1-2H3,(H,21,22). The maximum absolute atomic E-state index is 12.8. The van der Waals surface area contributed by atoms with E-state index in [1.807, 2.05) is 56.6 Å². The number of pyridine rings is 1. The Labute approximate surface area is 141 Å². The molecular formula is C20H19N3O. The SMILES string of the molecule is CN(C)CCNc1cc2c3c(cccc3n1)C(=O)c1ccccc1-2. The average Bonchev–Trinajstić information content (AvgIpc) is 2.59. The molecule has 0 atom stereocenters. The molecule has 0 spiro atoms. The summed E-state index contributed by atoms with van der Waals surface area (Å²) in [4.78, 5) is 19.6. The van der Waals surface area contributed by atoms with E-state index in [9.17, 15) is 4.79 Å². The van der Waals surface area contributed by atoms with Crippen molar-refractivity contribution in [3.63, 3.8) is 0 Å². The Hall–Kier alpha value is -2.72. The molecule has 0 fully saturated rings. The number of carbonyl (C=O) groups is 1. The van der Waals surface area contributed by atoms with Crippen molar-refractivity contribution in [1.29, 1.82) is 0 Å².